The zero-order chi connectivity index (χ0) is 21.6. The van der Waals surface area contributed by atoms with Gasteiger partial charge in [0.05, 0.1) is 6.42 Å². The van der Waals surface area contributed by atoms with Crippen LogP contribution in [0, 0.1) is 5.92 Å². The van der Waals surface area contributed by atoms with Gasteiger partial charge in [-0.25, -0.2) is 0 Å². The van der Waals surface area contributed by atoms with Crippen LogP contribution in [0.1, 0.15) is 31.9 Å². The molecule has 0 bridgehead atoms. The molecule has 156 valence electrons. The molecule has 2 aromatic rings. The highest BCUT2D eigenvalue weighted by atomic mass is 35.5. The fourth-order valence-electron chi connectivity index (χ4n) is 2.80. The number of hydrogen-bond donors (Lipinski definition) is 1. The maximum Gasteiger partial charge on any atom is 0.242 e. The number of nitrogens with one attached hydrogen (secondary N) is 1. The fraction of sp³-hybridized carbons (Fsp3) is 0.364. The Balaban J connectivity index is 2.29. The Hall–Kier alpha value is -1.75. The predicted octanol–water partition coefficient (Wildman–Crippen LogP) is 5.38. The molecule has 7 heteroatoms. The minimum Gasteiger partial charge on any atom is -0.354 e. The summed E-state index contributed by atoms with van der Waals surface area (Å²) in [5.41, 5.74) is 1.30. The van der Waals surface area contributed by atoms with Crippen molar-refractivity contribution in [1.29, 1.82) is 0 Å². The molecule has 0 aromatic heterocycles. The van der Waals surface area contributed by atoms with Gasteiger partial charge in [0.25, 0.3) is 0 Å². The summed E-state index contributed by atoms with van der Waals surface area (Å²) in [6, 6.07) is 11.7. The molecule has 0 saturated heterocycles. The standard InChI is InChI=1S/C22H25Cl3N2O2/c1-14(2)12-26-22(29)15(3)27(13-16-7-4-5-8-18(16)23)21(28)11-17-19(24)9-6-10-20(17)25/h4-10,14-15H,11-13H2,1-3H3,(H,26,29). The second-order valence-electron chi connectivity index (χ2n) is 7.31. The SMILES string of the molecule is CC(C)CNC(=O)C(C)N(Cc1ccccc1Cl)C(=O)Cc1c(Cl)cccc1Cl. The van der Waals surface area contributed by atoms with Crippen molar-refractivity contribution >= 4 is 46.6 Å². The Bertz CT molecular complexity index is 851. The van der Waals surface area contributed by atoms with E-state index in [0.29, 0.717) is 33.1 Å². The van der Waals surface area contributed by atoms with Crippen molar-refractivity contribution in [1.82, 2.24) is 10.2 Å². The van der Waals surface area contributed by atoms with Crippen molar-refractivity contribution < 1.29 is 9.59 Å². The number of halogens is 3. The Labute approximate surface area is 187 Å². The van der Waals surface area contributed by atoms with Crippen LogP contribution in [0.3, 0.4) is 0 Å². The second kappa shape index (κ2) is 10.9. The zero-order valence-electron chi connectivity index (χ0n) is 16.7. The van der Waals surface area contributed by atoms with Crippen LogP contribution in [0.2, 0.25) is 15.1 Å². The molecule has 0 aliphatic carbocycles. The van der Waals surface area contributed by atoms with Gasteiger partial charge in [0.2, 0.25) is 11.8 Å². The van der Waals surface area contributed by atoms with Crippen molar-refractivity contribution in [2.45, 2.75) is 39.8 Å². The molecule has 1 unspecified atom stereocenters. The quantitative estimate of drug-likeness (QED) is 0.581. The number of benzene rings is 2. The van der Waals surface area contributed by atoms with E-state index in [4.69, 9.17) is 34.8 Å². The van der Waals surface area contributed by atoms with E-state index in [0.717, 1.165) is 5.56 Å². The van der Waals surface area contributed by atoms with Gasteiger partial charge in [0.15, 0.2) is 0 Å². The molecule has 29 heavy (non-hydrogen) atoms. The molecular formula is C22H25Cl3N2O2. The first-order chi connectivity index (χ1) is 13.7. The summed E-state index contributed by atoms with van der Waals surface area (Å²) in [7, 11) is 0. The summed E-state index contributed by atoms with van der Waals surface area (Å²) < 4.78 is 0. The van der Waals surface area contributed by atoms with Crippen LogP contribution in [0.15, 0.2) is 42.5 Å². The highest BCUT2D eigenvalue weighted by Crippen LogP contribution is 2.26. The van der Waals surface area contributed by atoms with Crippen molar-refractivity contribution in [2.24, 2.45) is 5.92 Å². The van der Waals surface area contributed by atoms with Gasteiger partial charge in [0, 0.05) is 28.2 Å². The second-order valence-corrected chi connectivity index (χ2v) is 8.53. The van der Waals surface area contributed by atoms with Gasteiger partial charge >= 0.3 is 0 Å². The topological polar surface area (TPSA) is 49.4 Å². The molecule has 0 aliphatic heterocycles. The predicted molar refractivity (Wildman–Crippen MR) is 119 cm³/mol. The van der Waals surface area contributed by atoms with Gasteiger partial charge in [-0.15, -0.1) is 0 Å². The number of hydrogen-bond acceptors (Lipinski definition) is 2. The lowest BCUT2D eigenvalue weighted by Crippen LogP contribution is -2.48. The van der Waals surface area contributed by atoms with Crippen LogP contribution in [0.4, 0.5) is 0 Å². The lowest BCUT2D eigenvalue weighted by atomic mass is 10.1. The lowest BCUT2D eigenvalue weighted by molar-refractivity contribution is -0.140. The van der Waals surface area contributed by atoms with Crippen LogP contribution < -0.4 is 5.32 Å². The van der Waals surface area contributed by atoms with Gasteiger partial charge < -0.3 is 10.2 Å². The molecule has 0 radical (unpaired) electrons. The van der Waals surface area contributed by atoms with Crippen LogP contribution in [-0.4, -0.2) is 29.3 Å². The maximum atomic E-state index is 13.2. The summed E-state index contributed by atoms with van der Waals surface area (Å²) >= 11 is 18.8. The highest BCUT2D eigenvalue weighted by Gasteiger charge is 2.27. The number of carbonyl (C=O) groups is 2. The Kier molecular flexibility index (Phi) is 8.81. The van der Waals surface area contributed by atoms with Crippen LogP contribution in [-0.2, 0) is 22.6 Å². The van der Waals surface area contributed by atoms with Crippen LogP contribution in [0.5, 0.6) is 0 Å². The summed E-state index contributed by atoms with van der Waals surface area (Å²) in [5.74, 6) is -0.169. The van der Waals surface area contributed by atoms with Crippen molar-refractivity contribution in [3.8, 4) is 0 Å². The average Bonchev–Trinajstić information content (AvgIpc) is 2.67. The summed E-state index contributed by atoms with van der Waals surface area (Å²) in [6.07, 6.45) is -0.00917. The zero-order valence-corrected chi connectivity index (χ0v) is 19.0. The van der Waals surface area contributed by atoms with Crippen LogP contribution >= 0.6 is 34.8 Å². The molecule has 4 nitrogen and oxygen atoms in total. The van der Waals surface area contributed by atoms with Gasteiger partial charge in [-0.1, -0.05) is 72.9 Å². The molecule has 1 atom stereocenters. The van der Waals surface area contributed by atoms with Crippen molar-refractivity contribution in [3.63, 3.8) is 0 Å². The van der Waals surface area contributed by atoms with Crippen LogP contribution in [0.25, 0.3) is 0 Å². The molecule has 2 amide bonds. The number of amides is 2. The first-order valence-corrected chi connectivity index (χ1v) is 10.6. The Morgan fingerprint density at radius 2 is 1.52 bits per heavy atom. The highest BCUT2D eigenvalue weighted by molar-refractivity contribution is 6.36. The van der Waals surface area contributed by atoms with Gasteiger partial charge in [-0.2, -0.15) is 0 Å². The molecule has 0 heterocycles. The maximum absolute atomic E-state index is 13.2. The number of nitrogens with zero attached hydrogens (tertiary/aromatic N) is 1. The molecule has 0 aliphatic rings. The van der Waals surface area contributed by atoms with E-state index >= 15 is 0 Å². The summed E-state index contributed by atoms with van der Waals surface area (Å²) in [5, 5.41) is 4.26. The van der Waals surface area contributed by atoms with Crippen molar-refractivity contribution in [2.75, 3.05) is 6.54 Å². The smallest absolute Gasteiger partial charge is 0.242 e. The monoisotopic (exact) mass is 454 g/mol. The Morgan fingerprint density at radius 1 is 0.931 bits per heavy atom. The summed E-state index contributed by atoms with van der Waals surface area (Å²) in [4.78, 5) is 27.4. The first kappa shape index (κ1) is 23.5. The first-order valence-electron chi connectivity index (χ1n) is 9.44. The normalized spacial score (nSPS) is 12.0. The minimum atomic E-state index is -0.682. The number of rotatable bonds is 8. The number of carbonyl (C=O) groups excluding carboxylic acids is 2. The van der Waals surface area contributed by atoms with Gasteiger partial charge in [-0.05, 0) is 42.2 Å². The van der Waals surface area contributed by atoms with E-state index in [1.165, 1.54) is 4.90 Å². The molecule has 0 saturated carbocycles. The molecular weight excluding hydrogens is 431 g/mol. The van der Waals surface area contributed by atoms with E-state index in [9.17, 15) is 9.59 Å². The minimum absolute atomic E-state index is 0.00917. The average molecular weight is 456 g/mol. The van der Waals surface area contributed by atoms with E-state index in [-0.39, 0.29) is 24.8 Å². The third-order valence-electron chi connectivity index (χ3n) is 4.54. The molecule has 2 rings (SSSR count). The molecule has 0 spiro atoms. The molecule has 1 N–H and O–H groups in total. The molecule has 2 aromatic carbocycles. The third kappa shape index (κ3) is 6.63. The fourth-order valence-corrected chi connectivity index (χ4v) is 3.53. The van der Waals surface area contributed by atoms with E-state index in [2.05, 4.69) is 5.32 Å². The Morgan fingerprint density at radius 3 is 2.10 bits per heavy atom. The summed E-state index contributed by atoms with van der Waals surface area (Å²) in [6.45, 7) is 6.47. The van der Waals surface area contributed by atoms with Gasteiger partial charge in [-0.3, -0.25) is 9.59 Å². The third-order valence-corrected chi connectivity index (χ3v) is 5.62. The van der Waals surface area contributed by atoms with E-state index in [1.54, 1.807) is 31.2 Å². The lowest BCUT2D eigenvalue weighted by Gasteiger charge is -2.29. The van der Waals surface area contributed by atoms with E-state index < -0.39 is 6.04 Å². The van der Waals surface area contributed by atoms with Crippen molar-refractivity contribution in [3.05, 3.63) is 68.7 Å². The van der Waals surface area contributed by atoms with Gasteiger partial charge in [0.1, 0.15) is 6.04 Å². The molecule has 0 fully saturated rings. The largest absolute Gasteiger partial charge is 0.354 e. The van der Waals surface area contributed by atoms with E-state index in [1.807, 2.05) is 32.0 Å².